The molecule has 2 rings (SSSR count). The number of rotatable bonds is 0. The van der Waals surface area contributed by atoms with Gasteiger partial charge in [0.25, 0.3) is 0 Å². The smallest absolute Gasteiger partial charge is 0.159 e. The second-order valence-corrected chi connectivity index (χ2v) is 7.60. The van der Waals surface area contributed by atoms with Gasteiger partial charge in [0.05, 0.1) is 0 Å². The second-order valence-electron chi connectivity index (χ2n) is 7.60. The third-order valence-electron chi connectivity index (χ3n) is 5.37. The van der Waals surface area contributed by atoms with Crippen molar-refractivity contribution in [2.45, 2.75) is 73.1 Å². The van der Waals surface area contributed by atoms with E-state index >= 15 is 0 Å². The lowest BCUT2D eigenvalue weighted by Crippen LogP contribution is -2.22. The van der Waals surface area contributed by atoms with Crippen molar-refractivity contribution in [2.75, 3.05) is 0 Å². The van der Waals surface area contributed by atoms with Crippen LogP contribution in [0.2, 0.25) is 0 Å². The molecule has 0 aromatic heterocycles. The Bertz CT molecular complexity index is 514. The van der Waals surface area contributed by atoms with Gasteiger partial charge in [0, 0.05) is 6.42 Å². The predicted octanol–water partition coefficient (Wildman–Crippen LogP) is 5.77. The van der Waals surface area contributed by atoms with E-state index in [0.29, 0.717) is 11.7 Å². The first-order valence-corrected chi connectivity index (χ1v) is 8.35. The van der Waals surface area contributed by atoms with Crippen molar-refractivity contribution >= 4 is 5.78 Å². The molecule has 1 heteroatoms. The zero-order valence-corrected chi connectivity index (χ0v) is 14.4. The van der Waals surface area contributed by atoms with E-state index in [1.807, 2.05) is 0 Å². The van der Waals surface area contributed by atoms with E-state index in [1.165, 1.54) is 16.7 Å². The summed E-state index contributed by atoms with van der Waals surface area (Å²) >= 11 is 0. The quantitative estimate of drug-likeness (QED) is 0.408. The average Bonchev–Trinajstić information content (AvgIpc) is 2.64. The van der Waals surface area contributed by atoms with E-state index in [9.17, 15) is 4.79 Å². The van der Waals surface area contributed by atoms with Gasteiger partial charge < -0.3 is 0 Å². The Morgan fingerprint density at radius 1 is 1.14 bits per heavy atom. The minimum atomic E-state index is 0.121. The van der Waals surface area contributed by atoms with E-state index in [2.05, 4.69) is 46.8 Å². The van der Waals surface area contributed by atoms with Crippen LogP contribution >= 0.6 is 0 Å². The Balaban J connectivity index is 2.40. The molecule has 0 aromatic rings. The number of allylic oxidation sites excluding steroid dienone is 6. The maximum Gasteiger partial charge on any atom is 0.159 e. The molecule has 2 aliphatic rings. The van der Waals surface area contributed by atoms with Crippen molar-refractivity contribution < 1.29 is 4.79 Å². The summed E-state index contributed by atoms with van der Waals surface area (Å²) in [6.07, 6.45) is 11.1. The van der Waals surface area contributed by atoms with Gasteiger partial charge in [0.15, 0.2) is 5.78 Å². The predicted molar refractivity (Wildman–Crippen MR) is 90.2 cm³/mol. The largest absolute Gasteiger partial charge is 0.295 e. The van der Waals surface area contributed by atoms with Crippen LogP contribution in [-0.4, -0.2) is 5.78 Å². The Morgan fingerprint density at radius 2 is 1.81 bits per heavy atom. The van der Waals surface area contributed by atoms with Crippen LogP contribution < -0.4 is 0 Å². The third-order valence-corrected chi connectivity index (χ3v) is 5.37. The fourth-order valence-corrected chi connectivity index (χ4v) is 3.99. The minimum Gasteiger partial charge on any atom is -0.295 e. The minimum absolute atomic E-state index is 0.121. The van der Waals surface area contributed by atoms with Crippen LogP contribution in [0.5, 0.6) is 0 Å². The number of fused-ring (bicyclic) bond motifs is 1. The molecule has 0 spiro atoms. The summed E-state index contributed by atoms with van der Waals surface area (Å²) in [6.45, 7) is 11.0. The molecule has 0 heterocycles. The summed E-state index contributed by atoms with van der Waals surface area (Å²) in [5.74, 6) is 0.827. The Labute approximate surface area is 130 Å². The van der Waals surface area contributed by atoms with Crippen molar-refractivity contribution in [3.63, 3.8) is 0 Å². The normalized spacial score (nSPS) is 36.1. The molecule has 0 amide bonds. The molecule has 1 nitrogen and oxygen atoms in total. The summed E-state index contributed by atoms with van der Waals surface area (Å²) in [5.41, 5.74) is 5.44. The zero-order chi connectivity index (χ0) is 15.6. The standard InChI is InChI=1S/C20H30O/c1-14(2)19-17-10-9-15(3)7-6-8-16(4)11-12-20(17,5)13-18(19)21/h7,11,17H,6,8-10,12-13H2,1-5H3/b15-7+,16-11+/t17-,20-/m1/s1. The molecular formula is C20H30O. The lowest BCUT2D eigenvalue weighted by Gasteiger charge is -2.31. The molecular weight excluding hydrogens is 256 g/mol. The first kappa shape index (κ1) is 16.3. The Kier molecular flexibility index (Phi) is 4.91. The maximum absolute atomic E-state index is 12.5. The molecule has 2 atom stereocenters. The molecule has 0 saturated heterocycles. The first-order chi connectivity index (χ1) is 9.83. The van der Waals surface area contributed by atoms with Crippen molar-refractivity contribution in [1.82, 2.24) is 0 Å². The summed E-state index contributed by atoms with van der Waals surface area (Å²) in [5, 5.41) is 0. The van der Waals surface area contributed by atoms with Crippen molar-refractivity contribution in [1.29, 1.82) is 0 Å². The van der Waals surface area contributed by atoms with E-state index in [-0.39, 0.29) is 5.41 Å². The molecule has 1 saturated carbocycles. The summed E-state index contributed by atoms with van der Waals surface area (Å²) in [4.78, 5) is 12.5. The molecule has 0 N–H and O–H groups in total. The fraction of sp³-hybridized carbons (Fsp3) is 0.650. The maximum atomic E-state index is 12.5. The van der Waals surface area contributed by atoms with Crippen LogP contribution in [0, 0.1) is 11.3 Å². The highest BCUT2D eigenvalue weighted by molar-refractivity contribution is 5.99. The summed E-state index contributed by atoms with van der Waals surface area (Å²) in [7, 11) is 0. The molecule has 0 unspecified atom stereocenters. The average molecular weight is 286 g/mol. The second kappa shape index (κ2) is 6.34. The van der Waals surface area contributed by atoms with Crippen molar-refractivity contribution in [2.24, 2.45) is 11.3 Å². The van der Waals surface area contributed by atoms with Crippen LogP contribution in [0.3, 0.4) is 0 Å². The first-order valence-electron chi connectivity index (χ1n) is 8.35. The van der Waals surface area contributed by atoms with Gasteiger partial charge in [0.1, 0.15) is 0 Å². The highest BCUT2D eigenvalue weighted by atomic mass is 16.1. The van der Waals surface area contributed by atoms with Gasteiger partial charge in [-0.05, 0) is 76.7 Å². The summed E-state index contributed by atoms with van der Waals surface area (Å²) in [6, 6.07) is 0. The van der Waals surface area contributed by atoms with Crippen molar-refractivity contribution in [3.05, 3.63) is 34.4 Å². The molecule has 2 aliphatic carbocycles. The molecule has 0 aromatic carbocycles. The van der Waals surface area contributed by atoms with Crippen molar-refractivity contribution in [3.8, 4) is 0 Å². The van der Waals surface area contributed by atoms with E-state index in [4.69, 9.17) is 0 Å². The number of carbonyl (C=O) groups is 1. The van der Waals surface area contributed by atoms with Crippen LogP contribution in [0.15, 0.2) is 34.4 Å². The van der Waals surface area contributed by atoms with Gasteiger partial charge in [0.2, 0.25) is 0 Å². The number of Topliss-reactive ketones (excluding diaryl/α,β-unsaturated/α-hetero) is 1. The summed E-state index contributed by atoms with van der Waals surface area (Å²) < 4.78 is 0. The van der Waals surface area contributed by atoms with E-state index < -0.39 is 0 Å². The third kappa shape index (κ3) is 3.56. The zero-order valence-electron chi connectivity index (χ0n) is 14.4. The topological polar surface area (TPSA) is 17.1 Å². The molecule has 21 heavy (non-hydrogen) atoms. The number of hydrogen-bond donors (Lipinski definition) is 0. The van der Waals surface area contributed by atoms with Gasteiger partial charge in [-0.25, -0.2) is 0 Å². The number of carbonyl (C=O) groups excluding carboxylic acids is 1. The van der Waals surface area contributed by atoms with Gasteiger partial charge in [-0.2, -0.15) is 0 Å². The van der Waals surface area contributed by atoms with Crippen LogP contribution in [-0.2, 0) is 4.79 Å². The fourth-order valence-electron chi connectivity index (χ4n) is 3.99. The molecule has 1 fully saturated rings. The molecule has 0 radical (unpaired) electrons. The van der Waals surface area contributed by atoms with Gasteiger partial charge >= 0.3 is 0 Å². The van der Waals surface area contributed by atoms with Gasteiger partial charge in [-0.1, -0.05) is 35.8 Å². The number of ketones is 1. The highest BCUT2D eigenvalue weighted by Gasteiger charge is 2.46. The lowest BCUT2D eigenvalue weighted by atomic mass is 9.72. The van der Waals surface area contributed by atoms with Gasteiger partial charge in [-0.3, -0.25) is 4.79 Å². The van der Waals surface area contributed by atoms with E-state index in [1.54, 1.807) is 0 Å². The van der Waals surface area contributed by atoms with Crippen LogP contribution in [0.1, 0.15) is 73.1 Å². The van der Waals surface area contributed by atoms with Crippen LogP contribution in [0.4, 0.5) is 0 Å². The van der Waals surface area contributed by atoms with E-state index in [0.717, 1.165) is 44.1 Å². The lowest BCUT2D eigenvalue weighted by molar-refractivity contribution is -0.115. The monoisotopic (exact) mass is 286 g/mol. The number of hydrogen-bond acceptors (Lipinski definition) is 1. The highest BCUT2D eigenvalue weighted by Crippen LogP contribution is 2.51. The SMILES string of the molecule is CC(C)=C1C(=O)C[C@@]2(C)C/C=C(\C)CC/C=C(\C)CC[C@H]12. The molecule has 0 bridgehead atoms. The molecule has 116 valence electrons. The van der Waals surface area contributed by atoms with Gasteiger partial charge in [-0.15, -0.1) is 0 Å². The Hall–Kier alpha value is -1.11. The van der Waals surface area contributed by atoms with Crippen LogP contribution in [0.25, 0.3) is 0 Å². The molecule has 0 aliphatic heterocycles. The Morgan fingerprint density at radius 3 is 2.48 bits per heavy atom.